The summed E-state index contributed by atoms with van der Waals surface area (Å²) in [6.45, 7) is 2.30. The molecule has 3 rings (SSSR count). The number of hydrogen-bond donors (Lipinski definition) is 0. The molecule has 0 atom stereocenters. The van der Waals surface area contributed by atoms with Gasteiger partial charge in [0.1, 0.15) is 0 Å². The first-order valence-corrected chi connectivity index (χ1v) is 11.2. The van der Waals surface area contributed by atoms with E-state index < -0.39 is 0 Å². The first-order valence-electron chi connectivity index (χ1n) is 11.2. The van der Waals surface area contributed by atoms with Gasteiger partial charge >= 0.3 is 0 Å². The first-order chi connectivity index (χ1) is 14.4. The second-order valence-corrected chi connectivity index (χ2v) is 7.84. The second-order valence-electron chi connectivity index (χ2n) is 7.84. The third-order valence-electron chi connectivity index (χ3n) is 5.54. The Balaban J connectivity index is 1.37. The Morgan fingerprint density at radius 2 is 1.00 bits per heavy atom. The number of nitrogens with zero attached hydrogens (tertiary/aromatic N) is 1. The number of hydrogen-bond acceptors (Lipinski definition) is 1. The van der Waals surface area contributed by atoms with Crippen molar-refractivity contribution in [2.45, 2.75) is 51.4 Å². The summed E-state index contributed by atoms with van der Waals surface area (Å²) in [5.41, 5.74) is 4.26. The third-order valence-corrected chi connectivity index (χ3v) is 5.54. The van der Waals surface area contributed by atoms with Crippen LogP contribution in [0.5, 0.6) is 0 Å². The maximum Gasteiger partial charge on any atom is 0.0366 e. The SMILES string of the molecule is [c]1ccc(N(CCCCCc2ccccc2)CCCCCc2ccccc2)cc1. The number of anilines is 1. The van der Waals surface area contributed by atoms with E-state index in [0.717, 1.165) is 13.1 Å². The van der Waals surface area contributed by atoms with Crippen molar-refractivity contribution in [1.29, 1.82) is 0 Å². The molecular weight excluding hydrogens is 350 g/mol. The van der Waals surface area contributed by atoms with Gasteiger partial charge in [0.25, 0.3) is 0 Å². The van der Waals surface area contributed by atoms with Crippen LogP contribution in [-0.4, -0.2) is 13.1 Å². The highest BCUT2D eigenvalue weighted by atomic mass is 15.1. The summed E-state index contributed by atoms with van der Waals surface area (Å²) in [4.78, 5) is 2.57. The average Bonchev–Trinajstić information content (AvgIpc) is 2.79. The normalized spacial score (nSPS) is 10.8. The molecule has 0 N–H and O–H groups in total. The summed E-state index contributed by atoms with van der Waals surface area (Å²) in [6.07, 6.45) is 10.0. The first kappa shape index (κ1) is 21.2. The standard InChI is InChI=1S/C28H34N/c1-6-16-26(17-7-1)20-10-4-14-24-29(28-22-12-3-13-23-28)25-15-5-11-21-27-18-8-2-9-19-27/h1-2,6-9,12-13,16-19,22-23H,4-5,10-11,14-15,20-21,24-25H2. The van der Waals surface area contributed by atoms with Crippen LogP contribution in [0.15, 0.2) is 84.9 Å². The molecule has 1 heteroatoms. The molecule has 1 nitrogen and oxygen atoms in total. The predicted octanol–water partition coefficient (Wildman–Crippen LogP) is 7.12. The molecule has 0 saturated carbocycles. The van der Waals surface area contributed by atoms with Crippen molar-refractivity contribution in [3.05, 3.63) is 102 Å². The molecule has 0 saturated heterocycles. The Bertz CT molecular complexity index is 718. The quantitative estimate of drug-likeness (QED) is 0.284. The Morgan fingerprint density at radius 1 is 0.517 bits per heavy atom. The van der Waals surface area contributed by atoms with Crippen LogP contribution in [-0.2, 0) is 12.8 Å². The van der Waals surface area contributed by atoms with Crippen LogP contribution in [0, 0.1) is 6.07 Å². The molecule has 0 amide bonds. The number of benzene rings is 3. The van der Waals surface area contributed by atoms with Crippen LogP contribution in [0.2, 0.25) is 0 Å². The van der Waals surface area contributed by atoms with E-state index in [2.05, 4.69) is 83.8 Å². The van der Waals surface area contributed by atoms with Crippen molar-refractivity contribution in [1.82, 2.24) is 0 Å². The molecule has 3 aromatic carbocycles. The Morgan fingerprint density at radius 3 is 1.48 bits per heavy atom. The molecule has 0 fully saturated rings. The molecular formula is C28H34N. The third kappa shape index (κ3) is 8.15. The van der Waals surface area contributed by atoms with E-state index in [4.69, 9.17) is 0 Å². The number of aryl methyl sites for hydroxylation is 2. The zero-order valence-electron chi connectivity index (χ0n) is 17.6. The van der Waals surface area contributed by atoms with E-state index in [1.165, 1.54) is 68.2 Å². The Labute approximate surface area is 177 Å². The highest BCUT2D eigenvalue weighted by Gasteiger charge is 2.06. The van der Waals surface area contributed by atoms with E-state index in [9.17, 15) is 0 Å². The highest BCUT2D eigenvalue weighted by molar-refractivity contribution is 5.45. The van der Waals surface area contributed by atoms with Crippen molar-refractivity contribution >= 4 is 5.69 Å². The van der Waals surface area contributed by atoms with E-state index in [-0.39, 0.29) is 0 Å². The summed E-state index contributed by atoms with van der Waals surface area (Å²) < 4.78 is 0. The lowest BCUT2D eigenvalue weighted by Crippen LogP contribution is -2.25. The maximum atomic E-state index is 3.15. The molecule has 0 aliphatic rings. The molecule has 0 bridgehead atoms. The molecule has 0 heterocycles. The lowest BCUT2D eigenvalue weighted by atomic mass is 10.1. The highest BCUT2D eigenvalue weighted by Crippen LogP contribution is 2.17. The van der Waals surface area contributed by atoms with Crippen LogP contribution in [0.4, 0.5) is 5.69 Å². The van der Waals surface area contributed by atoms with Gasteiger partial charge in [-0.25, -0.2) is 0 Å². The van der Waals surface area contributed by atoms with E-state index in [1.807, 2.05) is 12.1 Å². The topological polar surface area (TPSA) is 3.24 Å². The van der Waals surface area contributed by atoms with Gasteiger partial charge in [-0.2, -0.15) is 0 Å². The minimum Gasteiger partial charge on any atom is -0.372 e. The monoisotopic (exact) mass is 384 g/mol. The Hall–Kier alpha value is -2.54. The molecule has 0 spiro atoms. The van der Waals surface area contributed by atoms with Crippen LogP contribution in [0.1, 0.15) is 49.7 Å². The van der Waals surface area contributed by atoms with Gasteiger partial charge in [0, 0.05) is 18.8 Å². The largest absolute Gasteiger partial charge is 0.372 e. The number of unbranched alkanes of at least 4 members (excludes halogenated alkanes) is 4. The van der Waals surface area contributed by atoms with E-state index >= 15 is 0 Å². The maximum absolute atomic E-state index is 3.15. The predicted molar refractivity (Wildman–Crippen MR) is 125 cm³/mol. The van der Waals surface area contributed by atoms with Crippen molar-refractivity contribution in [2.75, 3.05) is 18.0 Å². The summed E-state index contributed by atoms with van der Waals surface area (Å²) in [5, 5.41) is 0. The molecule has 3 aromatic rings. The van der Waals surface area contributed by atoms with Gasteiger partial charge in [-0.3, -0.25) is 0 Å². The van der Waals surface area contributed by atoms with Gasteiger partial charge in [0.15, 0.2) is 0 Å². The van der Waals surface area contributed by atoms with Crippen molar-refractivity contribution in [3.8, 4) is 0 Å². The van der Waals surface area contributed by atoms with Gasteiger partial charge < -0.3 is 4.90 Å². The summed E-state index contributed by atoms with van der Waals surface area (Å²) in [7, 11) is 0. The van der Waals surface area contributed by atoms with Gasteiger partial charge in [-0.1, -0.05) is 85.6 Å². The van der Waals surface area contributed by atoms with Crippen LogP contribution in [0.3, 0.4) is 0 Å². The van der Waals surface area contributed by atoms with Gasteiger partial charge in [0.05, 0.1) is 0 Å². The molecule has 29 heavy (non-hydrogen) atoms. The molecule has 0 aromatic heterocycles. The van der Waals surface area contributed by atoms with Crippen LogP contribution >= 0.6 is 0 Å². The van der Waals surface area contributed by atoms with E-state index in [0.29, 0.717) is 0 Å². The zero-order chi connectivity index (χ0) is 20.0. The molecule has 0 aliphatic carbocycles. The van der Waals surface area contributed by atoms with Crippen molar-refractivity contribution in [2.24, 2.45) is 0 Å². The smallest absolute Gasteiger partial charge is 0.0366 e. The van der Waals surface area contributed by atoms with E-state index in [1.54, 1.807) is 0 Å². The summed E-state index contributed by atoms with van der Waals surface area (Å²) in [6, 6.07) is 33.3. The van der Waals surface area contributed by atoms with Crippen molar-refractivity contribution in [3.63, 3.8) is 0 Å². The fourth-order valence-electron chi connectivity index (χ4n) is 3.87. The zero-order valence-corrected chi connectivity index (χ0v) is 17.6. The van der Waals surface area contributed by atoms with Gasteiger partial charge in [-0.05, 0) is 67.9 Å². The lowest BCUT2D eigenvalue weighted by molar-refractivity contribution is 0.615. The fraction of sp³-hybridized carbons (Fsp3) is 0.357. The van der Waals surface area contributed by atoms with Crippen LogP contribution in [0.25, 0.3) is 0 Å². The number of rotatable bonds is 13. The van der Waals surface area contributed by atoms with Gasteiger partial charge in [-0.15, -0.1) is 0 Å². The average molecular weight is 385 g/mol. The molecule has 1 radical (unpaired) electrons. The summed E-state index contributed by atoms with van der Waals surface area (Å²) >= 11 is 0. The molecule has 0 aliphatic heterocycles. The fourth-order valence-corrected chi connectivity index (χ4v) is 3.87. The summed E-state index contributed by atoms with van der Waals surface area (Å²) in [5.74, 6) is 0. The van der Waals surface area contributed by atoms with Gasteiger partial charge in [0.2, 0.25) is 0 Å². The second kappa shape index (κ2) is 12.8. The molecule has 0 unspecified atom stereocenters. The molecule has 151 valence electrons. The van der Waals surface area contributed by atoms with Crippen molar-refractivity contribution < 1.29 is 0 Å². The van der Waals surface area contributed by atoms with Crippen LogP contribution < -0.4 is 4.90 Å². The minimum atomic E-state index is 1.15. The minimum absolute atomic E-state index is 1.15. The lowest BCUT2D eigenvalue weighted by Gasteiger charge is -2.25. The Kier molecular flexibility index (Phi) is 9.37.